The van der Waals surface area contributed by atoms with Gasteiger partial charge < -0.3 is 22.9 Å². The first-order valence-electron chi connectivity index (χ1n) is 13.7. The molecule has 0 rings (SSSR count). The van der Waals surface area contributed by atoms with Crippen molar-refractivity contribution in [3.05, 3.63) is 0 Å². The molecule has 200 valence electrons. The lowest BCUT2D eigenvalue weighted by Crippen LogP contribution is -2.62. The summed E-state index contributed by atoms with van der Waals surface area (Å²) in [6.07, 6.45) is 16.5. The van der Waals surface area contributed by atoms with E-state index in [2.05, 4.69) is 12.2 Å². The lowest BCUT2D eigenvalue weighted by Gasteiger charge is -2.27. The van der Waals surface area contributed by atoms with Crippen molar-refractivity contribution in [3.8, 4) is 0 Å². The van der Waals surface area contributed by atoms with Crippen LogP contribution in [0, 0.1) is 0 Å². The number of carbonyl (C=O) groups excluding carboxylic acids is 3. The molecular formula is C26H53N5O3. The predicted molar refractivity (Wildman–Crippen MR) is 140 cm³/mol. The Kier molecular flexibility index (Phi) is 20.1. The molecule has 0 aromatic heterocycles. The van der Waals surface area contributed by atoms with E-state index in [1.807, 2.05) is 0 Å². The number of nitrogens with two attached hydrogens (primary N) is 4. The molecule has 34 heavy (non-hydrogen) atoms. The van der Waals surface area contributed by atoms with E-state index in [1.165, 1.54) is 51.4 Å². The molecule has 0 fully saturated rings. The van der Waals surface area contributed by atoms with Gasteiger partial charge in [-0.1, -0.05) is 77.6 Å². The van der Waals surface area contributed by atoms with Crippen LogP contribution in [0.2, 0.25) is 0 Å². The standard InChI is InChI=1S/C26H53N5O3/c1-2-3-4-5-6-7-8-9-10-11-12-18-23(32)26(30,19-14-16-21-28)25(34)31-24(33)22(29)17-13-15-20-27/h22H,2-21,27-30H2,1H3,(H,31,33,34)/t22-,26+/m0/s1. The fourth-order valence-corrected chi connectivity index (χ4v) is 4.06. The summed E-state index contributed by atoms with van der Waals surface area (Å²) >= 11 is 0. The van der Waals surface area contributed by atoms with Crippen molar-refractivity contribution in [3.63, 3.8) is 0 Å². The van der Waals surface area contributed by atoms with Crippen LogP contribution in [0.3, 0.4) is 0 Å². The molecule has 0 aromatic carbocycles. The number of hydrogen-bond donors (Lipinski definition) is 5. The van der Waals surface area contributed by atoms with Gasteiger partial charge >= 0.3 is 0 Å². The van der Waals surface area contributed by atoms with E-state index in [0.717, 1.165) is 19.3 Å². The highest BCUT2D eigenvalue weighted by molar-refractivity contribution is 6.15. The summed E-state index contributed by atoms with van der Waals surface area (Å²) in [5, 5.41) is 2.29. The monoisotopic (exact) mass is 483 g/mol. The van der Waals surface area contributed by atoms with E-state index >= 15 is 0 Å². The summed E-state index contributed by atoms with van der Waals surface area (Å²) < 4.78 is 0. The van der Waals surface area contributed by atoms with E-state index in [-0.39, 0.29) is 18.6 Å². The molecule has 0 saturated carbocycles. The van der Waals surface area contributed by atoms with Crippen LogP contribution in [0.5, 0.6) is 0 Å². The van der Waals surface area contributed by atoms with Crippen molar-refractivity contribution in [1.82, 2.24) is 5.32 Å². The van der Waals surface area contributed by atoms with Crippen LogP contribution in [0.25, 0.3) is 0 Å². The van der Waals surface area contributed by atoms with Gasteiger partial charge in [-0.25, -0.2) is 0 Å². The van der Waals surface area contributed by atoms with Crippen molar-refractivity contribution in [1.29, 1.82) is 0 Å². The molecule has 8 heteroatoms. The Hall–Kier alpha value is -1.35. The summed E-state index contributed by atoms with van der Waals surface area (Å²) in [5.41, 5.74) is 21.5. The molecule has 0 spiro atoms. The zero-order chi connectivity index (χ0) is 25.7. The second kappa shape index (κ2) is 21.0. The Bertz CT molecular complexity index is 559. The molecule has 0 aliphatic rings. The van der Waals surface area contributed by atoms with E-state index in [9.17, 15) is 14.4 Å². The topological polar surface area (TPSA) is 167 Å². The average Bonchev–Trinajstić information content (AvgIpc) is 2.82. The SMILES string of the molecule is CCCCCCCCCCCCCC(=O)[C@](N)(CCCCN)C(=O)NC(=O)[C@@H](N)CCCCN. The number of amides is 2. The molecule has 0 bridgehead atoms. The largest absolute Gasteiger partial charge is 0.330 e. The lowest BCUT2D eigenvalue weighted by molar-refractivity contribution is -0.139. The fourth-order valence-electron chi connectivity index (χ4n) is 4.06. The minimum atomic E-state index is -1.72. The molecule has 2 atom stereocenters. The zero-order valence-corrected chi connectivity index (χ0v) is 21.8. The quantitative estimate of drug-likeness (QED) is 0.110. The molecule has 0 heterocycles. The van der Waals surface area contributed by atoms with Crippen LogP contribution < -0.4 is 28.3 Å². The van der Waals surface area contributed by atoms with E-state index in [4.69, 9.17) is 22.9 Å². The molecule has 0 radical (unpaired) electrons. The number of hydrogen-bond acceptors (Lipinski definition) is 7. The second-order valence-corrected chi connectivity index (χ2v) is 9.64. The Morgan fingerprint density at radius 2 is 1.24 bits per heavy atom. The highest BCUT2D eigenvalue weighted by Gasteiger charge is 2.41. The molecule has 0 aromatic rings. The Labute approximate surface area is 207 Å². The van der Waals surface area contributed by atoms with Gasteiger partial charge in [0.15, 0.2) is 11.3 Å². The molecule has 0 saturated heterocycles. The molecule has 0 aliphatic carbocycles. The molecule has 0 aliphatic heterocycles. The van der Waals surface area contributed by atoms with E-state index in [0.29, 0.717) is 45.2 Å². The minimum absolute atomic E-state index is 0.169. The first kappa shape index (κ1) is 32.7. The van der Waals surface area contributed by atoms with Crippen LogP contribution in [-0.2, 0) is 14.4 Å². The molecule has 8 nitrogen and oxygen atoms in total. The summed E-state index contributed by atoms with van der Waals surface area (Å²) in [6.45, 7) is 3.20. The van der Waals surface area contributed by atoms with Crippen LogP contribution >= 0.6 is 0 Å². The van der Waals surface area contributed by atoms with Gasteiger partial charge in [0, 0.05) is 6.42 Å². The summed E-state index contributed by atoms with van der Waals surface area (Å²) in [4.78, 5) is 38.1. The maximum absolute atomic E-state index is 12.9. The van der Waals surface area contributed by atoms with Crippen LogP contribution in [0.4, 0.5) is 0 Å². The molecule has 9 N–H and O–H groups in total. The molecule has 2 amide bonds. The lowest BCUT2D eigenvalue weighted by atomic mass is 9.85. The maximum Gasteiger partial charge on any atom is 0.254 e. The third-order valence-corrected chi connectivity index (χ3v) is 6.48. The van der Waals surface area contributed by atoms with Crippen molar-refractivity contribution < 1.29 is 14.4 Å². The van der Waals surface area contributed by atoms with Gasteiger partial charge in [0.1, 0.15) is 0 Å². The van der Waals surface area contributed by atoms with E-state index in [1.54, 1.807) is 0 Å². The van der Waals surface area contributed by atoms with Gasteiger partial charge in [-0.15, -0.1) is 0 Å². The first-order valence-corrected chi connectivity index (χ1v) is 13.7. The Balaban J connectivity index is 4.50. The van der Waals surface area contributed by atoms with Crippen molar-refractivity contribution in [2.75, 3.05) is 13.1 Å². The Morgan fingerprint density at radius 3 is 1.76 bits per heavy atom. The predicted octanol–water partition coefficient (Wildman–Crippen LogP) is 3.18. The number of carbonyl (C=O) groups is 3. The van der Waals surface area contributed by atoms with Gasteiger partial charge in [0.25, 0.3) is 5.91 Å². The van der Waals surface area contributed by atoms with Gasteiger partial charge in [-0.2, -0.15) is 0 Å². The molecule has 0 unspecified atom stereocenters. The summed E-state index contributed by atoms with van der Waals surface area (Å²) in [6, 6.07) is -0.828. The number of Topliss-reactive ketones (excluding diaryl/α,β-unsaturated/α-hetero) is 1. The maximum atomic E-state index is 12.9. The van der Waals surface area contributed by atoms with Gasteiger partial charge in [-0.3, -0.25) is 19.7 Å². The third kappa shape index (κ3) is 14.8. The first-order chi connectivity index (χ1) is 16.3. The van der Waals surface area contributed by atoms with Crippen LogP contribution in [0.15, 0.2) is 0 Å². The number of imide groups is 1. The number of ketones is 1. The van der Waals surface area contributed by atoms with Crippen molar-refractivity contribution in [2.45, 2.75) is 134 Å². The normalized spacial score (nSPS) is 13.9. The Morgan fingerprint density at radius 1 is 0.735 bits per heavy atom. The zero-order valence-electron chi connectivity index (χ0n) is 21.8. The average molecular weight is 484 g/mol. The van der Waals surface area contributed by atoms with Gasteiger partial charge in [-0.05, 0) is 51.6 Å². The third-order valence-electron chi connectivity index (χ3n) is 6.48. The van der Waals surface area contributed by atoms with Crippen molar-refractivity contribution >= 4 is 17.6 Å². The van der Waals surface area contributed by atoms with E-state index < -0.39 is 23.4 Å². The highest BCUT2D eigenvalue weighted by Crippen LogP contribution is 2.19. The smallest absolute Gasteiger partial charge is 0.254 e. The number of nitrogens with one attached hydrogen (secondary N) is 1. The van der Waals surface area contributed by atoms with Crippen LogP contribution in [-0.4, -0.2) is 42.3 Å². The number of rotatable bonds is 23. The fraction of sp³-hybridized carbons (Fsp3) is 0.885. The van der Waals surface area contributed by atoms with Gasteiger partial charge in [0.2, 0.25) is 5.91 Å². The highest BCUT2D eigenvalue weighted by atomic mass is 16.2. The molecular weight excluding hydrogens is 430 g/mol. The van der Waals surface area contributed by atoms with Crippen LogP contribution in [0.1, 0.15) is 122 Å². The minimum Gasteiger partial charge on any atom is -0.330 e. The summed E-state index contributed by atoms with van der Waals surface area (Å²) in [5.74, 6) is -1.67. The number of unbranched alkanes of at least 4 members (excludes halogenated alkanes) is 12. The second-order valence-electron chi connectivity index (χ2n) is 9.64. The summed E-state index contributed by atoms with van der Waals surface area (Å²) in [7, 11) is 0. The van der Waals surface area contributed by atoms with Gasteiger partial charge in [0.05, 0.1) is 6.04 Å². The van der Waals surface area contributed by atoms with Crippen molar-refractivity contribution in [2.24, 2.45) is 22.9 Å².